The smallest absolute Gasteiger partial charge is 0.192 e. The molecule has 0 N–H and O–H groups in total. The van der Waals surface area contributed by atoms with E-state index in [1.54, 1.807) is 0 Å². The first kappa shape index (κ1) is 35.4. The lowest BCUT2D eigenvalue weighted by Gasteiger charge is -2.40. The monoisotopic (exact) mass is 764 g/mol. The molecule has 6 aromatic rings. The van der Waals surface area contributed by atoms with E-state index < -0.39 is 5.91 Å². The van der Waals surface area contributed by atoms with Crippen molar-refractivity contribution in [2.45, 2.75) is 124 Å². The Bertz CT molecular complexity index is 3270. The highest BCUT2D eigenvalue weighted by Gasteiger charge is 2.70. The van der Waals surface area contributed by atoms with Crippen molar-refractivity contribution >= 4 is 56.5 Å². The zero-order valence-electron chi connectivity index (χ0n) is 36.1. The minimum absolute atomic E-state index is 0. The number of amidine groups is 4. The predicted molar refractivity (Wildman–Crippen MR) is 236 cm³/mol. The Balaban J connectivity index is 0.00000385. The number of aliphatic imine (C=N–C) groups is 2. The van der Waals surface area contributed by atoms with Gasteiger partial charge >= 0.3 is 5.91 Å². The topological polar surface area (TPSA) is 65.3 Å². The average Bonchev–Trinajstić information content (AvgIpc) is 3.92. The van der Waals surface area contributed by atoms with Crippen LogP contribution in [-0.4, -0.2) is 41.6 Å². The van der Waals surface area contributed by atoms with E-state index in [1.165, 1.54) is 133 Å². The van der Waals surface area contributed by atoms with Crippen LogP contribution >= 0.6 is 0 Å². The van der Waals surface area contributed by atoms with Crippen LogP contribution in [0.4, 0.5) is 11.6 Å². The fourth-order valence-corrected chi connectivity index (χ4v) is 11.8. The van der Waals surface area contributed by atoms with Crippen LogP contribution in [0.15, 0.2) is 20.0 Å². The van der Waals surface area contributed by atoms with Gasteiger partial charge in [0.2, 0.25) is 22.6 Å². The molecule has 0 saturated carbocycles. The number of hydrogen-bond acceptors (Lipinski definition) is 4. The van der Waals surface area contributed by atoms with Crippen LogP contribution < -0.4 is 11.0 Å². The molecule has 0 unspecified atom stereocenters. The molecule has 6 aliphatic heterocycles. The summed E-state index contributed by atoms with van der Waals surface area (Å²) in [5, 5.41) is 4.74. The summed E-state index contributed by atoms with van der Waals surface area (Å²) >= 11 is 0. The van der Waals surface area contributed by atoms with Crippen LogP contribution in [0.2, 0.25) is 0 Å². The quantitative estimate of drug-likeness (QED) is 0.139. The zero-order valence-corrected chi connectivity index (χ0v) is 36.1. The Kier molecular flexibility index (Phi) is 6.27. The SMILES string of the molecule is C.Cc1c(C)c(C)c2c(c1C)C1=Nc3c4c(C)c(C)c(C)c(C)c4c4n3C35n6c(c7c(C)c(C)c(C)c(C)c7c6=NC6=[N+]3C(=N4)c3c(C)c(C)c(C)c(C)c36)=NC2=[N+]15. The van der Waals surface area contributed by atoms with Crippen LogP contribution in [0, 0.1) is 111 Å². The Morgan fingerprint density at radius 1 is 0.328 bits per heavy atom. The van der Waals surface area contributed by atoms with Gasteiger partial charge in [-0.1, -0.05) is 27.4 Å². The van der Waals surface area contributed by atoms with Crippen LogP contribution in [0.25, 0.3) is 21.5 Å². The molecule has 0 fully saturated rings. The Morgan fingerprint density at radius 3 is 0.966 bits per heavy atom. The molecular weight excluding hydrogens is 713 g/mol. The maximum absolute atomic E-state index is 5.89. The average molecular weight is 765 g/mol. The fraction of sp³-hybridized carbons (Fsp3) is 0.360. The second-order valence-electron chi connectivity index (χ2n) is 18.0. The van der Waals surface area contributed by atoms with Crippen molar-refractivity contribution in [3.63, 3.8) is 0 Å². The van der Waals surface area contributed by atoms with E-state index in [2.05, 4.69) is 129 Å². The van der Waals surface area contributed by atoms with E-state index in [1.807, 2.05) is 0 Å². The molecule has 0 saturated heterocycles. The summed E-state index contributed by atoms with van der Waals surface area (Å²) in [6.45, 7) is 36.4. The second-order valence-corrected chi connectivity index (χ2v) is 18.0. The summed E-state index contributed by atoms with van der Waals surface area (Å²) in [6.07, 6.45) is 0. The van der Waals surface area contributed by atoms with E-state index >= 15 is 0 Å². The third kappa shape index (κ3) is 3.23. The van der Waals surface area contributed by atoms with Crippen LogP contribution in [-0.2, 0) is 5.91 Å². The van der Waals surface area contributed by atoms with Crippen LogP contribution in [0.3, 0.4) is 0 Å². The highest BCUT2D eigenvalue weighted by Crippen LogP contribution is 2.56. The Labute approximate surface area is 340 Å². The first-order valence-electron chi connectivity index (χ1n) is 20.5. The Hall–Kier alpha value is -5.76. The maximum atomic E-state index is 5.89. The number of rotatable bonds is 0. The highest BCUT2D eigenvalue weighted by atomic mass is 15.7. The highest BCUT2D eigenvalue weighted by molar-refractivity contribution is 6.22. The first-order chi connectivity index (χ1) is 27.0. The van der Waals surface area contributed by atoms with Crippen molar-refractivity contribution in [3.8, 4) is 0 Å². The second kappa shape index (κ2) is 10.3. The third-order valence-corrected chi connectivity index (χ3v) is 16.3. The van der Waals surface area contributed by atoms with E-state index in [-0.39, 0.29) is 7.43 Å². The van der Waals surface area contributed by atoms with Gasteiger partial charge in [0.1, 0.15) is 0 Å². The van der Waals surface area contributed by atoms with Gasteiger partial charge in [-0.05, 0) is 200 Å². The number of aryl methyl sites for hydroxylation is 4. The van der Waals surface area contributed by atoms with Crippen molar-refractivity contribution in [2.24, 2.45) is 20.0 Å². The van der Waals surface area contributed by atoms with E-state index in [9.17, 15) is 0 Å². The van der Waals surface area contributed by atoms with Gasteiger partial charge < -0.3 is 0 Å². The van der Waals surface area contributed by atoms with Gasteiger partial charge in [0.15, 0.2) is 0 Å². The fourth-order valence-electron chi connectivity index (χ4n) is 11.8. The predicted octanol–water partition coefficient (Wildman–Crippen LogP) is 9.28. The lowest BCUT2D eigenvalue weighted by atomic mass is 9.89. The molecule has 58 heavy (non-hydrogen) atoms. The molecule has 8 nitrogen and oxygen atoms in total. The molecule has 8 heteroatoms. The number of nitrogens with zero attached hydrogens (tertiary/aromatic N) is 8. The molecule has 0 aliphatic carbocycles. The van der Waals surface area contributed by atoms with Crippen molar-refractivity contribution in [3.05, 3.63) is 122 Å². The van der Waals surface area contributed by atoms with Crippen molar-refractivity contribution in [1.29, 1.82) is 0 Å². The molecule has 0 radical (unpaired) electrons. The molecule has 0 bridgehead atoms. The molecule has 8 heterocycles. The summed E-state index contributed by atoms with van der Waals surface area (Å²) in [5.74, 6) is 4.69. The minimum atomic E-state index is -1.03. The van der Waals surface area contributed by atoms with Crippen LogP contribution in [0.5, 0.6) is 0 Å². The van der Waals surface area contributed by atoms with Gasteiger partial charge in [-0.15, -0.1) is 9.15 Å². The number of aromatic nitrogens is 2. The largest absolute Gasteiger partial charge is 0.404 e. The molecule has 1 spiro atoms. The maximum Gasteiger partial charge on any atom is 0.404 e. The molecule has 6 aliphatic rings. The summed E-state index contributed by atoms with van der Waals surface area (Å²) in [7, 11) is 0. The number of hydrogen-bond donors (Lipinski definition) is 0. The van der Waals surface area contributed by atoms with Crippen molar-refractivity contribution < 1.29 is 9.15 Å². The molecule has 2 aromatic heterocycles. The normalized spacial score (nSPS) is 16.6. The van der Waals surface area contributed by atoms with Gasteiger partial charge in [-0.2, -0.15) is 9.13 Å². The molecular formula is C50H52N8+2. The molecule has 0 amide bonds. The minimum Gasteiger partial charge on any atom is -0.192 e. The van der Waals surface area contributed by atoms with E-state index in [4.69, 9.17) is 20.0 Å². The lowest BCUT2D eigenvalue weighted by molar-refractivity contribution is -0.790. The zero-order chi connectivity index (χ0) is 40.1. The standard InChI is InChI=1S/C49H48N8.CH4/c1-17-18(2)26(10)34-33(25(17)9)41-50-43-35-27(11)19(3)20(4)28(12)36(35)45-52-47-39-31(15)23(7)24(8)32(16)40(39)48-53-46-38-30(14)22(6)21(5)29(13)37(38)44-51-42(34)54(41)49(55(43)45,56(44)46)57(47)48;/h1-16H3;1H4/q+2;. The molecule has 12 rings (SSSR count). The molecule has 4 aromatic carbocycles. The summed E-state index contributed by atoms with van der Waals surface area (Å²) in [6, 6.07) is 0. The van der Waals surface area contributed by atoms with Gasteiger partial charge in [0.25, 0.3) is 23.3 Å². The molecule has 0 atom stereocenters. The van der Waals surface area contributed by atoms with Gasteiger partial charge in [-0.25, -0.2) is 0 Å². The van der Waals surface area contributed by atoms with Gasteiger partial charge in [-0.3, -0.25) is 0 Å². The van der Waals surface area contributed by atoms with Crippen molar-refractivity contribution in [2.75, 3.05) is 0 Å². The van der Waals surface area contributed by atoms with Gasteiger partial charge in [0.05, 0.1) is 43.8 Å². The third-order valence-electron chi connectivity index (χ3n) is 16.3. The summed E-state index contributed by atoms with van der Waals surface area (Å²) in [5.41, 5.74) is 27.2. The summed E-state index contributed by atoms with van der Waals surface area (Å²) < 4.78 is 9.98. The van der Waals surface area contributed by atoms with E-state index in [0.717, 1.165) is 46.0 Å². The number of benzene rings is 4. The molecule has 290 valence electrons. The van der Waals surface area contributed by atoms with Crippen molar-refractivity contribution in [1.82, 2.24) is 9.13 Å². The van der Waals surface area contributed by atoms with Gasteiger partial charge in [0, 0.05) is 0 Å². The number of fused-ring (bicyclic) bond motifs is 12. The van der Waals surface area contributed by atoms with Crippen LogP contribution in [0.1, 0.15) is 119 Å². The first-order valence-corrected chi connectivity index (χ1v) is 20.5. The summed E-state index contributed by atoms with van der Waals surface area (Å²) in [4.78, 5) is 23.6. The van der Waals surface area contributed by atoms with E-state index in [0.29, 0.717) is 0 Å². The Morgan fingerprint density at radius 2 is 0.621 bits per heavy atom. The lowest BCUT2D eigenvalue weighted by Crippen LogP contribution is -2.71.